The van der Waals surface area contributed by atoms with Gasteiger partial charge in [-0.2, -0.15) is 0 Å². The second-order valence-corrected chi connectivity index (χ2v) is 4.96. The van der Waals surface area contributed by atoms with Crippen LogP contribution in [0, 0.1) is 5.92 Å². The molecule has 17 heavy (non-hydrogen) atoms. The molecule has 0 aromatic carbocycles. The molecule has 0 saturated heterocycles. The van der Waals surface area contributed by atoms with Crippen LogP contribution in [0.3, 0.4) is 0 Å². The number of rotatable bonds is 6. The molecule has 4 nitrogen and oxygen atoms in total. The van der Waals surface area contributed by atoms with E-state index < -0.39 is 11.6 Å². The third kappa shape index (κ3) is 3.96. The molecule has 0 aromatic heterocycles. The molecule has 1 saturated carbocycles. The number of carbonyl (C=O) groups is 1. The lowest BCUT2D eigenvalue weighted by Gasteiger charge is -2.28. The number of aliphatic hydroxyl groups is 1. The minimum absolute atomic E-state index is 0.116. The molecule has 2 N–H and O–H groups in total. The van der Waals surface area contributed by atoms with Crippen molar-refractivity contribution >= 4 is 5.97 Å². The fourth-order valence-electron chi connectivity index (χ4n) is 2.74. The van der Waals surface area contributed by atoms with Gasteiger partial charge in [0.2, 0.25) is 0 Å². The standard InChI is InChI=1S/C13H24O4/c1-2-4-11-5-3-7-13(8-6-11,12(15)16)17-10-9-14/h11,14H,2-10H2,1H3,(H,15,16). The van der Waals surface area contributed by atoms with Gasteiger partial charge < -0.3 is 14.9 Å². The van der Waals surface area contributed by atoms with Gasteiger partial charge in [0, 0.05) is 0 Å². The van der Waals surface area contributed by atoms with Crippen molar-refractivity contribution in [2.24, 2.45) is 5.92 Å². The molecule has 4 heteroatoms. The first-order chi connectivity index (χ1) is 8.14. The van der Waals surface area contributed by atoms with Gasteiger partial charge in [0.15, 0.2) is 5.60 Å². The Morgan fingerprint density at radius 1 is 1.41 bits per heavy atom. The van der Waals surface area contributed by atoms with Gasteiger partial charge >= 0.3 is 5.97 Å². The first kappa shape index (κ1) is 14.5. The minimum Gasteiger partial charge on any atom is -0.479 e. The van der Waals surface area contributed by atoms with E-state index in [1.807, 2.05) is 0 Å². The Balaban J connectivity index is 2.62. The van der Waals surface area contributed by atoms with Crippen LogP contribution in [-0.2, 0) is 9.53 Å². The maximum Gasteiger partial charge on any atom is 0.335 e. The molecular formula is C13H24O4. The molecule has 1 aliphatic rings. The Morgan fingerprint density at radius 2 is 2.18 bits per heavy atom. The van der Waals surface area contributed by atoms with E-state index in [2.05, 4.69) is 6.92 Å². The van der Waals surface area contributed by atoms with Gasteiger partial charge in [-0.15, -0.1) is 0 Å². The molecule has 2 unspecified atom stereocenters. The highest BCUT2D eigenvalue weighted by molar-refractivity contribution is 5.77. The number of aliphatic carboxylic acids is 1. The van der Waals surface area contributed by atoms with Crippen molar-refractivity contribution in [2.45, 2.75) is 57.5 Å². The van der Waals surface area contributed by atoms with E-state index in [0.717, 1.165) is 25.7 Å². The number of ether oxygens (including phenoxy) is 1. The summed E-state index contributed by atoms with van der Waals surface area (Å²) in [5.74, 6) is -0.234. The lowest BCUT2D eigenvalue weighted by molar-refractivity contribution is -0.169. The zero-order chi connectivity index (χ0) is 12.7. The maximum atomic E-state index is 11.4. The third-order valence-corrected chi connectivity index (χ3v) is 3.71. The highest BCUT2D eigenvalue weighted by Crippen LogP contribution is 2.35. The van der Waals surface area contributed by atoms with E-state index in [4.69, 9.17) is 9.84 Å². The summed E-state index contributed by atoms with van der Waals surface area (Å²) in [5, 5.41) is 18.1. The lowest BCUT2D eigenvalue weighted by atomic mass is 9.92. The number of carboxylic acids is 1. The third-order valence-electron chi connectivity index (χ3n) is 3.71. The Hall–Kier alpha value is -0.610. The van der Waals surface area contributed by atoms with Gasteiger partial charge in [0.25, 0.3) is 0 Å². The average Bonchev–Trinajstić information content (AvgIpc) is 2.51. The van der Waals surface area contributed by atoms with Gasteiger partial charge in [-0.3, -0.25) is 0 Å². The second kappa shape index (κ2) is 6.97. The molecule has 0 spiro atoms. The second-order valence-electron chi connectivity index (χ2n) is 4.96. The number of hydrogen-bond acceptors (Lipinski definition) is 3. The highest BCUT2D eigenvalue weighted by Gasteiger charge is 2.40. The minimum atomic E-state index is -1.05. The van der Waals surface area contributed by atoms with Crippen LogP contribution < -0.4 is 0 Å². The van der Waals surface area contributed by atoms with E-state index >= 15 is 0 Å². The maximum absolute atomic E-state index is 11.4. The molecule has 0 aliphatic heterocycles. The Kier molecular flexibility index (Phi) is 5.92. The van der Waals surface area contributed by atoms with E-state index in [1.165, 1.54) is 6.42 Å². The molecule has 100 valence electrons. The van der Waals surface area contributed by atoms with E-state index in [-0.39, 0.29) is 13.2 Å². The Bertz CT molecular complexity index is 242. The van der Waals surface area contributed by atoms with Gasteiger partial charge in [0.1, 0.15) is 0 Å². The van der Waals surface area contributed by atoms with Crippen LogP contribution >= 0.6 is 0 Å². The number of hydrogen-bond donors (Lipinski definition) is 2. The molecule has 0 radical (unpaired) electrons. The zero-order valence-corrected chi connectivity index (χ0v) is 10.7. The van der Waals surface area contributed by atoms with E-state index in [1.54, 1.807) is 0 Å². The van der Waals surface area contributed by atoms with Crippen LogP contribution in [0.15, 0.2) is 0 Å². The average molecular weight is 244 g/mol. The molecular weight excluding hydrogens is 220 g/mol. The summed E-state index contributed by atoms with van der Waals surface area (Å²) in [5.41, 5.74) is -1.05. The van der Waals surface area contributed by atoms with Crippen LogP contribution in [0.25, 0.3) is 0 Å². The summed E-state index contributed by atoms with van der Waals surface area (Å²) in [6.07, 6.45) is 6.41. The van der Waals surface area contributed by atoms with Crippen molar-refractivity contribution < 1.29 is 19.7 Å². The van der Waals surface area contributed by atoms with E-state index in [0.29, 0.717) is 18.8 Å². The molecule has 1 aliphatic carbocycles. The Labute approximate surface area is 103 Å². The Morgan fingerprint density at radius 3 is 2.76 bits per heavy atom. The number of carboxylic acid groups (broad SMARTS) is 1. The normalized spacial score (nSPS) is 29.9. The first-order valence-corrected chi connectivity index (χ1v) is 6.63. The summed E-state index contributed by atoms with van der Waals surface area (Å²) in [7, 11) is 0. The van der Waals surface area contributed by atoms with Crippen LogP contribution in [0.2, 0.25) is 0 Å². The van der Waals surface area contributed by atoms with Gasteiger partial charge in [0.05, 0.1) is 13.2 Å². The zero-order valence-electron chi connectivity index (χ0n) is 10.7. The molecule has 0 bridgehead atoms. The monoisotopic (exact) mass is 244 g/mol. The quantitative estimate of drug-likeness (QED) is 0.703. The van der Waals surface area contributed by atoms with E-state index in [9.17, 15) is 9.90 Å². The largest absolute Gasteiger partial charge is 0.479 e. The molecule has 1 rings (SSSR count). The molecule has 0 aromatic rings. The fourth-order valence-corrected chi connectivity index (χ4v) is 2.74. The van der Waals surface area contributed by atoms with Gasteiger partial charge in [-0.1, -0.05) is 26.2 Å². The molecule has 2 atom stereocenters. The van der Waals surface area contributed by atoms with Crippen molar-refractivity contribution in [3.8, 4) is 0 Å². The summed E-state index contributed by atoms with van der Waals surface area (Å²) >= 11 is 0. The van der Waals surface area contributed by atoms with Gasteiger partial charge in [-0.05, 0) is 31.6 Å². The summed E-state index contributed by atoms with van der Waals surface area (Å²) in [4.78, 5) is 11.4. The van der Waals surface area contributed by atoms with Crippen molar-refractivity contribution in [3.05, 3.63) is 0 Å². The van der Waals surface area contributed by atoms with Crippen LogP contribution in [0.4, 0.5) is 0 Å². The van der Waals surface area contributed by atoms with Crippen molar-refractivity contribution in [1.82, 2.24) is 0 Å². The first-order valence-electron chi connectivity index (χ1n) is 6.63. The fraction of sp³-hybridized carbons (Fsp3) is 0.923. The number of aliphatic hydroxyl groups excluding tert-OH is 1. The SMILES string of the molecule is CCCC1CCCC(OCCO)(C(=O)O)CC1. The lowest BCUT2D eigenvalue weighted by Crippen LogP contribution is -2.42. The van der Waals surface area contributed by atoms with Crippen LogP contribution in [-0.4, -0.2) is 35.0 Å². The topological polar surface area (TPSA) is 66.8 Å². The molecule has 0 heterocycles. The van der Waals surface area contributed by atoms with Crippen molar-refractivity contribution in [3.63, 3.8) is 0 Å². The predicted octanol–water partition coefficient (Wildman–Crippen LogP) is 2.20. The van der Waals surface area contributed by atoms with Crippen molar-refractivity contribution in [2.75, 3.05) is 13.2 Å². The van der Waals surface area contributed by atoms with Crippen LogP contribution in [0.1, 0.15) is 51.9 Å². The predicted molar refractivity (Wildman–Crippen MR) is 64.9 cm³/mol. The smallest absolute Gasteiger partial charge is 0.335 e. The van der Waals surface area contributed by atoms with Crippen molar-refractivity contribution in [1.29, 1.82) is 0 Å². The van der Waals surface area contributed by atoms with Crippen LogP contribution in [0.5, 0.6) is 0 Å². The summed E-state index contributed by atoms with van der Waals surface area (Å²) < 4.78 is 5.44. The summed E-state index contributed by atoms with van der Waals surface area (Å²) in [6.45, 7) is 2.16. The van der Waals surface area contributed by atoms with Gasteiger partial charge in [-0.25, -0.2) is 4.79 Å². The summed E-state index contributed by atoms with van der Waals surface area (Å²) in [6, 6.07) is 0. The molecule has 0 amide bonds. The highest BCUT2D eigenvalue weighted by atomic mass is 16.5. The molecule has 1 fully saturated rings.